The third-order valence-corrected chi connectivity index (χ3v) is 3.44. The number of nitrogens with zero attached hydrogens (tertiary/aromatic N) is 1. The molecule has 0 aliphatic heterocycles. The number of hydrogen-bond acceptors (Lipinski definition) is 3. The van der Waals surface area contributed by atoms with E-state index in [2.05, 4.69) is 29.0 Å². The first kappa shape index (κ1) is 15.3. The largest absolute Gasteiger partial charge is 0.326 e. The van der Waals surface area contributed by atoms with Gasteiger partial charge in [0.05, 0.1) is 5.69 Å². The first-order valence-electron chi connectivity index (χ1n) is 7.06. The van der Waals surface area contributed by atoms with E-state index in [0.717, 1.165) is 35.3 Å². The summed E-state index contributed by atoms with van der Waals surface area (Å²) in [6.45, 7) is 2.08. The van der Waals surface area contributed by atoms with Crippen LogP contribution in [0.2, 0.25) is 0 Å². The van der Waals surface area contributed by atoms with Crippen LogP contribution in [0.25, 0.3) is 11.1 Å². The van der Waals surface area contributed by atoms with Crippen molar-refractivity contribution < 1.29 is 4.79 Å². The number of carbonyl (C=O) groups excluding carboxylic acids is 1. The van der Waals surface area contributed by atoms with Crippen molar-refractivity contribution in [2.24, 2.45) is 4.36 Å². The number of nitrogens with one attached hydrogen (secondary N) is 1. The van der Waals surface area contributed by atoms with E-state index in [9.17, 15) is 4.79 Å². The van der Waals surface area contributed by atoms with Crippen LogP contribution < -0.4 is 5.32 Å². The Morgan fingerprint density at radius 3 is 2.14 bits per heavy atom. The van der Waals surface area contributed by atoms with Crippen molar-refractivity contribution in [1.82, 2.24) is 0 Å². The van der Waals surface area contributed by atoms with Gasteiger partial charge in [0.1, 0.15) is 0 Å². The normalized spacial score (nSPS) is 10.1. The summed E-state index contributed by atoms with van der Waals surface area (Å²) in [4.78, 5) is 11.7. The van der Waals surface area contributed by atoms with Gasteiger partial charge in [-0.1, -0.05) is 37.6 Å². The average Bonchev–Trinajstić information content (AvgIpc) is 2.54. The minimum atomic E-state index is 0.0704. The first-order chi connectivity index (χ1) is 10.2. The highest BCUT2D eigenvalue weighted by molar-refractivity contribution is 7.47. The lowest BCUT2D eigenvalue weighted by Gasteiger charge is -2.07. The third-order valence-electron chi connectivity index (χ3n) is 3.23. The van der Waals surface area contributed by atoms with Gasteiger partial charge in [0.15, 0.2) is 0 Å². The molecule has 3 nitrogen and oxygen atoms in total. The van der Waals surface area contributed by atoms with Crippen LogP contribution in [0.15, 0.2) is 52.9 Å². The third kappa shape index (κ3) is 4.46. The number of unbranched alkanes of at least 4 members (excludes halogenated alkanes) is 1. The zero-order valence-corrected chi connectivity index (χ0v) is 12.8. The smallest absolute Gasteiger partial charge is 0.224 e. The Labute approximate surface area is 130 Å². The van der Waals surface area contributed by atoms with Gasteiger partial charge in [-0.2, -0.15) is 4.36 Å². The Morgan fingerprint density at radius 1 is 1.05 bits per heavy atom. The topological polar surface area (TPSA) is 41.5 Å². The van der Waals surface area contributed by atoms with E-state index in [1.165, 1.54) is 0 Å². The first-order valence-corrected chi connectivity index (χ1v) is 7.43. The average molecular weight is 298 g/mol. The molecule has 0 saturated carbocycles. The number of rotatable bonds is 6. The molecule has 0 aliphatic rings. The fourth-order valence-corrected chi connectivity index (χ4v) is 2.14. The molecule has 4 heteroatoms. The molecule has 1 N–H and O–H groups in total. The molecule has 0 spiro atoms. The Hall–Kier alpha value is -2.07. The van der Waals surface area contributed by atoms with E-state index in [0.29, 0.717) is 6.42 Å². The highest BCUT2D eigenvalue weighted by Gasteiger charge is 2.02. The molecule has 0 unspecified atom stereocenters. The van der Waals surface area contributed by atoms with Gasteiger partial charge < -0.3 is 5.32 Å². The molecule has 0 aromatic heterocycles. The molecule has 0 saturated heterocycles. The van der Waals surface area contributed by atoms with E-state index in [-0.39, 0.29) is 5.91 Å². The molecular weight excluding hydrogens is 280 g/mol. The zero-order valence-electron chi connectivity index (χ0n) is 12.0. The van der Waals surface area contributed by atoms with Gasteiger partial charge in [-0.3, -0.25) is 4.79 Å². The van der Waals surface area contributed by atoms with E-state index >= 15 is 0 Å². The maximum absolute atomic E-state index is 11.7. The highest BCUT2D eigenvalue weighted by Crippen LogP contribution is 2.24. The molecule has 0 heterocycles. The van der Waals surface area contributed by atoms with Crippen LogP contribution in [0.5, 0.6) is 0 Å². The van der Waals surface area contributed by atoms with Crippen LogP contribution in [0.1, 0.15) is 26.2 Å². The summed E-state index contributed by atoms with van der Waals surface area (Å²) in [5.41, 5.74) is 3.81. The van der Waals surface area contributed by atoms with Gasteiger partial charge in [-0.25, -0.2) is 0 Å². The van der Waals surface area contributed by atoms with E-state index in [4.69, 9.17) is 0 Å². The molecule has 0 fully saturated rings. The van der Waals surface area contributed by atoms with Crippen molar-refractivity contribution in [2.75, 3.05) is 5.32 Å². The lowest BCUT2D eigenvalue weighted by Crippen LogP contribution is -2.10. The van der Waals surface area contributed by atoms with E-state index in [1.807, 2.05) is 48.5 Å². The Morgan fingerprint density at radius 2 is 1.62 bits per heavy atom. The minimum absolute atomic E-state index is 0.0704. The van der Waals surface area contributed by atoms with Gasteiger partial charge >= 0.3 is 0 Å². The number of hydrogen-bond donors (Lipinski definition) is 1. The van der Waals surface area contributed by atoms with Crippen molar-refractivity contribution in [3.63, 3.8) is 0 Å². The molecule has 2 rings (SSSR count). The zero-order chi connectivity index (χ0) is 15.1. The Bertz CT molecular complexity index is 606. The Balaban J connectivity index is 2.04. The van der Waals surface area contributed by atoms with E-state index < -0.39 is 0 Å². The molecule has 108 valence electrons. The standard InChI is InChI=1S/C17H18N2OS/c1-2-3-4-17(20)18-15-9-5-13(6-10-15)14-7-11-16(19-21)12-8-14/h5-12H,2-4H2,1H3,(H,18,20). The lowest BCUT2D eigenvalue weighted by molar-refractivity contribution is -0.116. The van der Waals surface area contributed by atoms with Gasteiger partial charge in [-0.15, -0.1) is 0 Å². The Kier molecular flexibility index (Phi) is 5.58. The summed E-state index contributed by atoms with van der Waals surface area (Å²) >= 11 is 4.65. The van der Waals surface area contributed by atoms with Crippen molar-refractivity contribution in [2.45, 2.75) is 26.2 Å². The second-order valence-electron chi connectivity index (χ2n) is 4.87. The maximum atomic E-state index is 11.7. The van der Waals surface area contributed by atoms with Gasteiger partial charge in [0.2, 0.25) is 5.91 Å². The lowest BCUT2D eigenvalue weighted by atomic mass is 10.1. The predicted molar refractivity (Wildman–Crippen MR) is 89.5 cm³/mol. The van der Waals surface area contributed by atoms with Crippen molar-refractivity contribution in [1.29, 1.82) is 0 Å². The number of amides is 1. The summed E-state index contributed by atoms with van der Waals surface area (Å²) in [5, 5.41) is 2.91. The number of carbonyl (C=O) groups is 1. The molecule has 1 amide bonds. The van der Waals surface area contributed by atoms with Crippen LogP contribution >= 0.6 is 0 Å². The van der Waals surface area contributed by atoms with E-state index in [1.54, 1.807) is 0 Å². The second kappa shape index (κ2) is 7.64. The molecule has 0 radical (unpaired) electrons. The van der Waals surface area contributed by atoms with Crippen LogP contribution in [0, 0.1) is 0 Å². The van der Waals surface area contributed by atoms with Crippen LogP contribution in [-0.2, 0) is 17.2 Å². The van der Waals surface area contributed by atoms with Crippen LogP contribution in [0.4, 0.5) is 11.4 Å². The van der Waals surface area contributed by atoms with Crippen LogP contribution in [-0.4, -0.2) is 5.91 Å². The SMILES string of the molecule is CCCCC(=O)Nc1ccc(-c2ccc(N=S)cc2)cc1. The van der Waals surface area contributed by atoms with Crippen molar-refractivity contribution in [3.8, 4) is 11.1 Å². The van der Waals surface area contributed by atoms with Gasteiger partial charge in [-0.05, 0) is 41.8 Å². The summed E-state index contributed by atoms with van der Waals surface area (Å²) in [7, 11) is 0. The fraction of sp³-hybridized carbons (Fsp3) is 0.235. The summed E-state index contributed by atoms with van der Waals surface area (Å²) in [5.74, 6) is 0.0704. The summed E-state index contributed by atoms with van der Waals surface area (Å²) < 4.78 is 3.71. The maximum Gasteiger partial charge on any atom is 0.224 e. The molecule has 2 aromatic rings. The minimum Gasteiger partial charge on any atom is -0.326 e. The van der Waals surface area contributed by atoms with Crippen molar-refractivity contribution >= 4 is 29.7 Å². The monoisotopic (exact) mass is 298 g/mol. The van der Waals surface area contributed by atoms with Crippen LogP contribution in [0.3, 0.4) is 0 Å². The molecular formula is C17H18N2OS. The molecule has 2 aromatic carbocycles. The quantitative estimate of drug-likeness (QED) is 0.828. The molecule has 0 atom stereocenters. The molecule has 21 heavy (non-hydrogen) atoms. The van der Waals surface area contributed by atoms with Gasteiger partial charge in [0.25, 0.3) is 0 Å². The molecule has 0 bridgehead atoms. The van der Waals surface area contributed by atoms with Crippen molar-refractivity contribution in [3.05, 3.63) is 48.5 Å². The number of anilines is 1. The highest BCUT2D eigenvalue weighted by atomic mass is 32.1. The number of benzene rings is 2. The fourth-order valence-electron chi connectivity index (χ4n) is 2.02. The summed E-state index contributed by atoms with van der Waals surface area (Å²) in [6, 6.07) is 15.6. The predicted octanol–water partition coefficient (Wildman–Crippen LogP) is 4.84. The molecule has 0 aliphatic carbocycles. The van der Waals surface area contributed by atoms with Gasteiger partial charge in [0, 0.05) is 24.5 Å². The summed E-state index contributed by atoms with van der Waals surface area (Å²) in [6.07, 6.45) is 2.52. The second-order valence-corrected chi connectivity index (χ2v) is 5.05.